The summed E-state index contributed by atoms with van der Waals surface area (Å²) in [5.74, 6) is 0. The maximum atomic E-state index is 5.94. The third-order valence-corrected chi connectivity index (χ3v) is 3.17. The molecule has 3 heteroatoms. The molecule has 0 saturated carbocycles. The first-order chi connectivity index (χ1) is 6.50. The van der Waals surface area contributed by atoms with Gasteiger partial charge in [0.2, 0.25) is 0 Å². The second kappa shape index (κ2) is 3.06. The molecule has 0 saturated heterocycles. The van der Waals surface area contributed by atoms with Crippen molar-refractivity contribution in [1.82, 2.24) is 0 Å². The predicted octanol–water partition coefficient (Wildman–Crippen LogP) is 2.98. The SMILES string of the molecule is CN1c2ccc(Cl)cc2NCC1(C)C. The third-order valence-electron chi connectivity index (χ3n) is 2.94. The van der Waals surface area contributed by atoms with Gasteiger partial charge in [-0.15, -0.1) is 0 Å². The quantitative estimate of drug-likeness (QED) is 0.708. The minimum Gasteiger partial charge on any atom is -0.381 e. The average molecular weight is 211 g/mol. The van der Waals surface area contributed by atoms with Crippen molar-refractivity contribution in [2.45, 2.75) is 19.4 Å². The Bertz CT molecular complexity index is 360. The molecule has 1 aliphatic heterocycles. The number of hydrogen-bond acceptors (Lipinski definition) is 2. The summed E-state index contributed by atoms with van der Waals surface area (Å²) in [5.41, 5.74) is 2.49. The molecule has 0 fully saturated rings. The van der Waals surface area contributed by atoms with E-state index in [9.17, 15) is 0 Å². The highest BCUT2D eigenvalue weighted by atomic mass is 35.5. The first-order valence-electron chi connectivity index (χ1n) is 4.78. The molecule has 0 amide bonds. The van der Waals surface area contributed by atoms with Crippen LogP contribution in [-0.2, 0) is 0 Å². The molecule has 1 N–H and O–H groups in total. The highest BCUT2D eigenvalue weighted by Crippen LogP contribution is 2.36. The molecule has 2 nitrogen and oxygen atoms in total. The molecule has 1 heterocycles. The number of nitrogens with one attached hydrogen (secondary N) is 1. The van der Waals surface area contributed by atoms with E-state index in [1.54, 1.807) is 0 Å². The van der Waals surface area contributed by atoms with Crippen LogP contribution in [0.25, 0.3) is 0 Å². The molecule has 14 heavy (non-hydrogen) atoms. The Morgan fingerprint density at radius 1 is 1.43 bits per heavy atom. The maximum Gasteiger partial charge on any atom is 0.0605 e. The summed E-state index contributed by atoms with van der Waals surface area (Å²) in [5, 5.41) is 4.18. The summed E-state index contributed by atoms with van der Waals surface area (Å²) >= 11 is 5.94. The van der Waals surface area contributed by atoms with Gasteiger partial charge in [0.15, 0.2) is 0 Å². The summed E-state index contributed by atoms with van der Waals surface area (Å²) in [7, 11) is 2.12. The van der Waals surface area contributed by atoms with Crippen LogP contribution in [-0.4, -0.2) is 19.1 Å². The number of halogens is 1. The number of anilines is 2. The largest absolute Gasteiger partial charge is 0.381 e. The Hall–Kier alpha value is -0.890. The highest BCUT2D eigenvalue weighted by Gasteiger charge is 2.29. The van der Waals surface area contributed by atoms with Crippen LogP contribution >= 0.6 is 11.6 Å². The normalized spacial score (nSPS) is 18.7. The Morgan fingerprint density at radius 3 is 2.86 bits per heavy atom. The molecule has 2 rings (SSSR count). The fraction of sp³-hybridized carbons (Fsp3) is 0.455. The summed E-state index contributed by atoms with van der Waals surface area (Å²) < 4.78 is 0. The van der Waals surface area contributed by atoms with Gasteiger partial charge in [0.1, 0.15) is 0 Å². The zero-order chi connectivity index (χ0) is 10.3. The van der Waals surface area contributed by atoms with Crippen molar-refractivity contribution in [1.29, 1.82) is 0 Å². The first-order valence-corrected chi connectivity index (χ1v) is 5.16. The van der Waals surface area contributed by atoms with Crippen molar-refractivity contribution >= 4 is 23.0 Å². The van der Waals surface area contributed by atoms with E-state index in [0.717, 1.165) is 17.3 Å². The van der Waals surface area contributed by atoms with Crippen molar-refractivity contribution in [3.8, 4) is 0 Å². The topological polar surface area (TPSA) is 15.3 Å². The molecule has 0 spiro atoms. The van der Waals surface area contributed by atoms with Gasteiger partial charge >= 0.3 is 0 Å². The lowest BCUT2D eigenvalue weighted by atomic mass is 9.99. The van der Waals surface area contributed by atoms with E-state index in [1.165, 1.54) is 5.69 Å². The van der Waals surface area contributed by atoms with E-state index in [1.807, 2.05) is 12.1 Å². The Labute approximate surface area is 89.9 Å². The van der Waals surface area contributed by atoms with Gasteiger partial charge in [-0.1, -0.05) is 11.6 Å². The molecule has 1 aromatic rings. The predicted molar refractivity (Wildman–Crippen MR) is 62.4 cm³/mol. The first kappa shape index (κ1) is 9.66. The van der Waals surface area contributed by atoms with Gasteiger partial charge in [0.25, 0.3) is 0 Å². The summed E-state index contributed by atoms with van der Waals surface area (Å²) in [6.45, 7) is 5.38. The lowest BCUT2D eigenvalue weighted by molar-refractivity contribution is 0.503. The molecule has 0 aromatic heterocycles. The monoisotopic (exact) mass is 210 g/mol. The number of rotatable bonds is 0. The fourth-order valence-electron chi connectivity index (χ4n) is 1.70. The standard InChI is InChI=1S/C11H15ClN2/c1-11(2)7-13-9-6-8(12)4-5-10(9)14(11)3/h4-6,13H,7H2,1-3H3. The Kier molecular flexibility index (Phi) is 2.11. The molecule has 1 aromatic carbocycles. The van der Waals surface area contributed by atoms with E-state index < -0.39 is 0 Å². The number of nitrogens with zero attached hydrogens (tertiary/aromatic N) is 1. The van der Waals surface area contributed by atoms with Crippen molar-refractivity contribution in [2.75, 3.05) is 23.8 Å². The van der Waals surface area contributed by atoms with Crippen LogP contribution in [0.3, 0.4) is 0 Å². The van der Waals surface area contributed by atoms with Crippen LogP contribution < -0.4 is 10.2 Å². The van der Waals surface area contributed by atoms with Gasteiger partial charge in [-0.05, 0) is 32.0 Å². The van der Waals surface area contributed by atoms with Gasteiger partial charge in [-0.3, -0.25) is 0 Å². The second-order valence-corrected chi connectivity index (χ2v) is 4.82. The van der Waals surface area contributed by atoms with Crippen LogP contribution in [0.4, 0.5) is 11.4 Å². The minimum atomic E-state index is 0.154. The smallest absolute Gasteiger partial charge is 0.0605 e. The third kappa shape index (κ3) is 1.44. The van der Waals surface area contributed by atoms with Crippen molar-refractivity contribution < 1.29 is 0 Å². The van der Waals surface area contributed by atoms with Gasteiger partial charge < -0.3 is 10.2 Å². The van der Waals surface area contributed by atoms with E-state index in [-0.39, 0.29) is 5.54 Å². The lowest BCUT2D eigenvalue weighted by Gasteiger charge is -2.43. The van der Waals surface area contributed by atoms with Gasteiger partial charge in [0, 0.05) is 18.6 Å². The average Bonchev–Trinajstić information content (AvgIpc) is 2.12. The Balaban J connectivity index is 2.46. The maximum absolute atomic E-state index is 5.94. The summed E-state index contributed by atoms with van der Waals surface area (Å²) in [6, 6.07) is 5.97. The minimum absolute atomic E-state index is 0.154. The zero-order valence-electron chi connectivity index (χ0n) is 8.76. The van der Waals surface area contributed by atoms with Crippen LogP contribution in [0.15, 0.2) is 18.2 Å². The number of hydrogen-bond donors (Lipinski definition) is 1. The fourth-order valence-corrected chi connectivity index (χ4v) is 1.87. The second-order valence-electron chi connectivity index (χ2n) is 4.39. The summed E-state index contributed by atoms with van der Waals surface area (Å²) in [4.78, 5) is 2.29. The Morgan fingerprint density at radius 2 is 2.14 bits per heavy atom. The van der Waals surface area contributed by atoms with Crippen molar-refractivity contribution in [3.63, 3.8) is 0 Å². The van der Waals surface area contributed by atoms with Crippen LogP contribution in [0.1, 0.15) is 13.8 Å². The molecule has 0 atom stereocenters. The molecule has 1 aliphatic rings. The molecule has 76 valence electrons. The summed E-state index contributed by atoms with van der Waals surface area (Å²) in [6.07, 6.45) is 0. The number of benzene rings is 1. The van der Waals surface area contributed by atoms with E-state index in [0.29, 0.717) is 0 Å². The van der Waals surface area contributed by atoms with Crippen LogP contribution in [0.5, 0.6) is 0 Å². The van der Waals surface area contributed by atoms with Gasteiger partial charge in [0.05, 0.1) is 16.9 Å². The van der Waals surface area contributed by atoms with Crippen molar-refractivity contribution in [3.05, 3.63) is 23.2 Å². The zero-order valence-corrected chi connectivity index (χ0v) is 9.52. The van der Waals surface area contributed by atoms with Crippen molar-refractivity contribution in [2.24, 2.45) is 0 Å². The molecular formula is C11H15ClN2. The molecule has 0 aliphatic carbocycles. The number of fused-ring (bicyclic) bond motifs is 1. The molecule has 0 radical (unpaired) electrons. The lowest BCUT2D eigenvalue weighted by Crippen LogP contribution is -2.49. The van der Waals surface area contributed by atoms with Crippen LogP contribution in [0, 0.1) is 0 Å². The highest BCUT2D eigenvalue weighted by molar-refractivity contribution is 6.31. The van der Waals surface area contributed by atoms with Gasteiger partial charge in [-0.25, -0.2) is 0 Å². The van der Waals surface area contributed by atoms with E-state index in [2.05, 4.69) is 37.2 Å². The van der Waals surface area contributed by atoms with E-state index >= 15 is 0 Å². The number of likely N-dealkylation sites (N-methyl/N-ethyl adjacent to an activating group) is 1. The van der Waals surface area contributed by atoms with E-state index in [4.69, 9.17) is 11.6 Å². The molecule has 0 unspecified atom stereocenters. The molecule has 0 bridgehead atoms. The van der Waals surface area contributed by atoms with Crippen LogP contribution in [0.2, 0.25) is 5.02 Å². The van der Waals surface area contributed by atoms with Gasteiger partial charge in [-0.2, -0.15) is 0 Å². The molecular weight excluding hydrogens is 196 g/mol.